The maximum atomic E-state index is 4.30. The largest absolute Gasteiger partial charge is 0.302 e. The van der Waals surface area contributed by atoms with Gasteiger partial charge in [0.05, 0.1) is 0 Å². The topological polar surface area (TPSA) is 30.7 Å². The zero-order chi connectivity index (χ0) is 12.3. The summed E-state index contributed by atoms with van der Waals surface area (Å²) in [6.07, 6.45) is 0. The molecule has 2 aromatic rings. The lowest BCUT2D eigenvalue weighted by Crippen LogP contribution is -2.01. The number of benzene rings is 1. The van der Waals surface area contributed by atoms with Crippen LogP contribution >= 0.6 is 11.8 Å². The molecular formula is C13H17N3S. The zero-order valence-electron chi connectivity index (χ0n) is 10.4. The van der Waals surface area contributed by atoms with E-state index in [1.165, 1.54) is 0 Å². The van der Waals surface area contributed by atoms with Crippen LogP contribution in [0.5, 0.6) is 0 Å². The van der Waals surface area contributed by atoms with Crippen molar-refractivity contribution in [3.8, 4) is 11.4 Å². The average Bonchev–Trinajstić information content (AvgIpc) is 2.72. The van der Waals surface area contributed by atoms with Crippen molar-refractivity contribution in [3.63, 3.8) is 0 Å². The molecule has 0 unspecified atom stereocenters. The Hall–Kier alpha value is -1.29. The molecule has 0 N–H and O–H groups in total. The monoisotopic (exact) mass is 247 g/mol. The second-order valence-corrected chi connectivity index (χ2v) is 5.63. The molecule has 2 rings (SSSR count). The van der Waals surface area contributed by atoms with Gasteiger partial charge in [-0.2, -0.15) is 0 Å². The second kappa shape index (κ2) is 5.36. The molecule has 1 aromatic carbocycles. The van der Waals surface area contributed by atoms with Crippen molar-refractivity contribution >= 4 is 11.8 Å². The van der Waals surface area contributed by atoms with Crippen LogP contribution in [-0.2, 0) is 6.54 Å². The molecular weight excluding hydrogens is 230 g/mol. The SMILES string of the molecule is CCn1c(SC(C)C)nnc1-c1ccccc1. The zero-order valence-corrected chi connectivity index (χ0v) is 11.2. The van der Waals surface area contributed by atoms with Gasteiger partial charge in [0.15, 0.2) is 11.0 Å². The van der Waals surface area contributed by atoms with E-state index in [4.69, 9.17) is 0 Å². The Bertz CT molecular complexity index is 477. The highest BCUT2D eigenvalue weighted by atomic mass is 32.2. The van der Waals surface area contributed by atoms with Gasteiger partial charge in [0.25, 0.3) is 0 Å². The van der Waals surface area contributed by atoms with Crippen molar-refractivity contribution in [1.29, 1.82) is 0 Å². The van der Waals surface area contributed by atoms with E-state index >= 15 is 0 Å². The van der Waals surface area contributed by atoms with Crippen LogP contribution in [-0.4, -0.2) is 20.0 Å². The molecule has 0 radical (unpaired) electrons. The molecule has 17 heavy (non-hydrogen) atoms. The van der Waals surface area contributed by atoms with Crippen molar-refractivity contribution < 1.29 is 0 Å². The molecule has 0 atom stereocenters. The molecule has 0 bridgehead atoms. The molecule has 0 spiro atoms. The van der Waals surface area contributed by atoms with E-state index < -0.39 is 0 Å². The summed E-state index contributed by atoms with van der Waals surface area (Å²) in [4.78, 5) is 0. The Morgan fingerprint density at radius 2 is 1.88 bits per heavy atom. The lowest BCUT2D eigenvalue weighted by atomic mass is 10.2. The number of rotatable bonds is 4. The Balaban J connectivity index is 2.39. The smallest absolute Gasteiger partial charge is 0.191 e. The standard InChI is InChI=1S/C13H17N3S/c1-4-16-12(11-8-6-5-7-9-11)14-15-13(16)17-10(2)3/h5-10H,4H2,1-3H3. The highest BCUT2D eigenvalue weighted by Gasteiger charge is 2.13. The third kappa shape index (κ3) is 2.69. The van der Waals surface area contributed by atoms with Crippen LogP contribution in [0.3, 0.4) is 0 Å². The molecule has 0 aliphatic heterocycles. The summed E-state index contributed by atoms with van der Waals surface area (Å²) in [6, 6.07) is 10.2. The van der Waals surface area contributed by atoms with E-state index in [1.807, 2.05) is 18.2 Å². The van der Waals surface area contributed by atoms with E-state index in [2.05, 4.69) is 47.7 Å². The maximum Gasteiger partial charge on any atom is 0.191 e. The highest BCUT2D eigenvalue weighted by molar-refractivity contribution is 7.99. The van der Waals surface area contributed by atoms with Gasteiger partial charge >= 0.3 is 0 Å². The predicted octanol–water partition coefficient (Wildman–Crippen LogP) is 3.47. The fraction of sp³-hybridized carbons (Fsp3) is 0.385. The minimum Gasteiger partial charge on any atom is -0.302 e. The van der Waals surface area contributed by atoms with E-state index in [0.717, 1.165) is 23.1 Å². The highest BCUT2D eigenvalue weighted by Crippen LogP contribution is 2.26. The summed E-state index contributed by atoms with van der Waals surface area (Å²) in [6.45, 7) is 7.36. The first-order chi connectivity index (χ1) is 8.22. The first-order valence-electron chi connectivity index (χ1n) is 5.87. The first kappa shape index (κ1) is 12.2. The van der Waals surface area contributed by atoms with Gasteiger partial charge in [0.1, 0.15) is 0 Å². The van der Waals surface area contributed by atoms with Gasteiger partial charge in [-0.1, -0.05) is 55.9 Å². The number of nitrogens with zero attached hydrogens (tertiary/aromatic N) is 3. The van der Waals surface area contributed by atoms with E-state index in [0.29, 0.717) is 5.25 Å². The molecule has 0 fully saturated rings. The van der Waals surface area contributed by atoms with Gasteiger partial charge < -0.3 is 4.57 Å². The normalized spacial score (nSPS) is 11.1. The van der Waals surface area contributed by atoms with Crippen LogP contribution in [0.25, 0.3) is 11.4 Å². The van der Waals surface area contributed by atoms with Crippen molar-refractivity contribution in [2.45, 2.75) is 37.7 Å². The third-order valence-electron chi connectivity index (χ3n) is 2.41. The lowest BCUT2D eigenvalue weighted by Gasteiger charge is -2.08. The summed E-state index contributed by atoms with van der Waals surface area (Å²) in [5.74, 6) is 0.955. The van der Waals surface area contributed by atoms with E-state index in [-0.39, 0.29) is 0 Å². The number of thioether (sulfide) groups is 1. The molecule has 1 heterocycles. The summed E-state index contributed by atoms with van der Waals surface area (Å²) in [5.41, 5.74) is 1.12. The van der Waals surface area contributed by atoms with Crippen molar-refractivity contribution in [2.75, 3.05) is 0 Å². The molecule has 3 nitrogen and oxygen atoms in total. The summed E-state index contributed by atoms with van der Waals surface area (Å²) in [5, 5.41) is 10.1. The number of hydrogen-bond acceptors (Lipinski definition) is 3. The van der Waals surface area contributed by atoms with Gasteiger partial charge in [0.2, 0.25) is 0 Å². The van der Waals surface area contributed by atoms with Crippen molar-refractivity contribution in [2.24, 2.45) is 0 Å². The molecule has 4 heteroatoms. The van der Waals surface area contributed by atoms with Gasteiger partial charge in [-0.3, -0.25) is 0 Å². The van der Waals surface area contributed by atoms with Crippen molar-refractivity contribution in [3.05, 3.63) is 30.3 Å². The fourth-order valence-electron chi connectivity index (χ4n) is 1.67. The number of hydrogen-bond donors (Lipinski definition) is 0. The Labute approximate surface area is 106 Å². The minimum atomic E-state index is 0.521. The summed E-state index contributed by atoms with van der Waals surface area (Å²) < 4.78 is 2.17. The minimum absolute atomic E-state index is 0.521. The molecule has 90 valence electrons. The maximum absolute atomic E-state index is 4.30. The summed E-state index contributed by atoms with van der Waals surface area (Å²) >= 11 is 1.75. The Kier molecular flexibility index (Phi) is 3.84. The second-order valence-electron chi connectivity index (χ2n) is 4.08. The lowest BCUT2D eigenvalue weighted by molar-refractivity contribution is 0.686. The molecule has 0 saturated heterocycles. The van der Waals surface area contributed by atoms with Gasteiger partial charge in [-0.15, -0.1) is 10.2 Å². The number of aromatic nitrogens is 3. The quantitative estimate of drug-likeness (QED) is 0.775. The third-order valence-corrected chi connectivity index (χ3v) is 3.39. The molecule has 0 aliphatic carbocycles. The van der Waals surface area contributed by atoms with Crippen LogP contribution in [0.15, 0.2) is 35.5 Å². The van der Waals surface area contributed by atoms with Gasteiger partial charge in [0, 0.05) is 17.4 Å². The Morgan fingerprint density at radius 3 is 2.47 bits per heavy atom. The van der Waals surface area contributed by atoms with Crippen LogP contribution in [0.4, 0.5) is 0 Å². The predicted molar refractivity (Wildman–Crippen MR) is 72.1 cm³/mol. The van der Waals surface area contributed by atoms with Crippen LogP contribution < -0.4 is 0 Å². The molecule has 0 aliphatic rings. The Morgan fingerprint density at radius 1 is 1.18 bits per heavy atom. The van der Waals surface area contributed by atoms with E-state index in [9.17, 15) is 0 Å². The first-order valence-corrected chi connectivity index (χ1v) is 6.75. The molecule has 1 aromatic heterocycles. The van der Waals surface area contributed by atoms with Crippen LogP contribution in [0.1, 0.15) is 20.8 Å². The van der Waals surface area contributed by atoms with E-state index in [1.54, 1.807) is 11.8 Å². The summed E-state index contributed by atoms with van der Waals surface area (Å²) in [7, 11) is 0. The van der Waals surface area contributed by atoms with Crippen LogP contribution in [0, 0.1) is 0 Å². The molecule has 0 saturated carbocycles. The van der Waals surface area contributed by atoms with Crippen molar-refractivity contribution in [1.82, 2.24) is 14.8 Å². The average molecular weight is 247 g/mol. The van der Waals surface area contributed by atoms with Crippen LogP contribution in [0.2, 0.25) is 0 Å². The molecule has 0 amide bonds. The fourth-order valence-corrected chi connectivity index (χ4v) is 2.52. The van der Waals surface area contributed by atoms with Gasteiger partial charge in [-0.25, -0.2) is 0 Å². The van der Waals surface area contributed by atoms with Gasteiger partial charge in [-0.05, 0) is 6.92 Å².